The van der Waals surface area contributed by atoms with Crippen molar-refractivity contribution in [2.75, 3.05) is 22.9 Å². The van der Waals surface area contributed by atoms with Gasteiger partial charge in [0.2, 0.25) is 15.9 Å². The smallest absolute Gasteiger partial charge is 0.348 e. The van der Waals surface area contributed by atoms with Crippen molar-refractivity contribution in [3.05, 3.63) is 51.8 Å². The zero-order valence-corrected chi connectivity index (χ0v) is 24.5. The summed E-state index contributed by atoms with van der Waals surface area (Å²) >= 11 is 1.55. The minimum atomic E-state index is -3.90. The molecule has 3 heterocycles. The maximum atomic E-state index is 14.0. The van der Waals surface area contributed by atoms with Crippen LogP contribution in [-0.4, -0.2) is 41.9 Å². The number of nitrogens with one attached hydrogen (secondary N) is 2. The lowest BCUT2D eigenvalue weighted by Crippen LogP contribution is -2.26. The molecule has 1 aliphatic heterocycles. The second kappa shape index (κ2) is 10.4. The Balaban J connectivity index is 1.83. The van der Waals surface area contributed by atoms with Gasteiger partial charge < -0.3 is 24.6 Å². The van der Waals surface area contributed by atoms with E-state index in [1.54, 1.807) is 28.9 Å². The molecule has 1 aromatic carbocycles. The highest BCUT2D eigenvalue weighted by Crippen LogP contribution is 2.53. The molecule has 0 radical (unpaired) electrons. The van der Waals surface area contributed by atoms with Gasteiger partial charge in [-0.25, -0.2) is 8.42 Å². The number of benzene rings is 1. The van der Waals surface area contributed by atoms with Crippen LogP contribution in [0.15, 0.2) is 40.5 Å². The number of rotatable bonds is 9. The molecule has 0 saturated heterocycles. The summed E-state index contributed by atoms with van der Waals surface area (Å²) in [6, 6.07) is 8.37. The van der Waals surface area contributed by atoms with E-state index in [0.29, 0.717) is 24.3 Å². The number of amidine groups is 1. The van der Waals surface area contributed by atoms with E-state index in [2.05, 4.69) is 35.6 Å². The first-order valence-electron chi connectivity index (χ1n) is 12.1. The standard InChI is InChI=1S/C25H33N4O6PS2/c1-6-35-36(32)20-14-16(28-38(5,33)34)9-10-18(20)26-23(27-36)21-22(30)19(15-17-8-7-13-37-17)29(24(21)31)12-11-25(2,3)4/h7-10,13-14,28,30-31H,6,11-12,15H2,1-5H3,(H,26,27,32). The van der Waals surface area contributed by atoms with E-state index in [-0.39, 0.29) is 46.0 Å². The van der Waals surface area contributed by atoms with Crippen molar-refractivity contribution in [1.29, 1.82) is 0 Å². The van der Waals surface area contributed by atoms with Crippen molar-refractivity contribution in [1.82, 2.24) is 4.57 Å². The number of sulfonamides is 1. The fourth-order valence-corrected chi connectivity index (χ4v) is 7.25. The van der Waals surface area contributed by atoms with Gasteiger partial charge >= 0.3 is 7.52 Å². The van der Waals surface area contributed by atoms with Crippen molar-refractivity contribution >= 4 is 51.4 Å². The fourth-order valence-electron chi connectivity index (χ4n) is 4.18. The number of nitrogens with zero attached hydrogens (tertiary/aromatic N) is 2. The molecule has 0 fully saturated rings. The minimum Gasteiger partial charge on any atom is -0.505 e. The van der Waals surface area contributed by atoms with Gasteiger partial charge in [-0.2, -0.15) is 4.76 Å². The second-order valence-electron chi connectivity index (χ2n) is 10.3. The second-order valence-corrected chi connectivity index (χ2v) is 15.1. The molecule has 3 aromatic rings. The van der Waals surface area contributed by atoms with Gasteiger partial charge in [-0.1, -0.05) is 26.8 Å². The van der Waals surface area contributed by atoms with E-state index in [0.717, 1.165) is 17.6 Å². The number of aromatic nitrogens is 1. The quantitative estimate of drug-likeness (QED) is 0.258. The lowest BCUT2D eigenvalue weighted by Gasteiger charge is -2.25. The number of hydrogen-bond acceptors (Lipinski definition) is 8. The average molecular weight is 581 g/mol. The van der Waals surface area contributed by atoms with E-state index < -0.39 is 17.5 Å². The molecule has 206 valence electrons. The largest absolute Gasteiger partial charge is 0.505 e. The van der Waals surface area contributed by atoms with Gasteiger partial charge in [-0.05, 0) is 48.4 Å². The van der Waals surface area contributed by atoms with Gasteiger partial charge in [0.1, 0.15) is 5.56 Å². The molecular weight excluding hydrogens is 547 g/mol. The Morgan fingerprint density at radius 3 is 2.58 bits per heavy atom. The molecule has 0 aliphatic carbocycles. The van der Waals surface area contributed by atoms with Gasteiger partial charge in [-0.15, -0.1) is 11.3 Å². The molecule has 1 unspecified atom stereocenters. The number of hydrogen-bond donors (Lipinski definition) is 4. The highest BCUT2D eigenvalue weighted by Gasteiger charge is 2.37. The summed E-state index contributed by atoms with van der Waals surface area (Å²) in [4.78, 5) is 1.01. The molecule has 10 nitrogen and oxygen atoms in total. The van der Waals surface area contributed by atoms with E-state index in [4.69, 9.17) is 4.52 Å². The van der Waals surface area contributed by atoms with Crippen molar-refractivity contribution in [2.45, 2.75) is 47.1 Å². The van der Waals surface area contributed by atoms with E-state index in [9.17, 15) is 23.2 Å². The Morgan fingerprint density at radius 1 is 1.24 bits per heavy atom. The molecule has 0 spiro atoms. The Kier molecular flexibility index (Phi) is 7.73. The molecule has 1 aliphatic rings. The normalized spacial score (nSPS) is 17.6. The summed E-state index contributed by atoms with van der Waals surface area (Å²) in [6.07, 6.45) is 2.16. The maximum absolute atomic E-state index is 14.0. The Bertz CT molecular complexity index is 1520. The first-order chi connectivity index (χ1) is 17.7. The predicted molar refractivity (Wildman–Crippen MR) is 153 cm³/mol. The molecule has 4 rings (SSSR count). The number of fused-ring (bicyclic) bond motifs is 1. The summed E-state index contributed by atoms with van der Waals surface area (Å²) in [5.41, 5.74) is 1.12. The van der Waals surface area contributed by atoms with Crippen LogP contribution in [0, 0.1) is 5.41 Å². The number of thiophene rings is 1. The van der Waals surface area contributed by atoms with Crippen molar-refractivity contribution in [3.63, 3.8) is 0 Å². The zero-order chi connectivity index (χ0) is 27.9. The molecule has 0 saturated carbocycles. The first-order valence-corrected chi connectivity index (χ1v) is 16.5. The molecular formula is C25H33N4O6PS2. The summed E-state index contributed by atoms with van der Waals surface area (Å²) in [5, 5.41) is 27.9. The number of anilines is 2. The van der Waals surface area contributed by atoms with Crippen LogP contribution in [0.5, 0.6) is 11.6 Å². The zero-order valence-electron chi connectivity index (χ0n) is 22.0. The van der Waals surface area contributed by atoms with Gasteiger partial charge in [0, 0.05) is 23.5 Å². The molecule has 4 N–H and O–H groups in total. The third-order valence-corrected chi connectivity index (χ3v) is 9.49. The summed E-state index contributed by atoms with van der Waals surface area (Å²) in [7, 11) is -7.46. The van der Waals surface area contributed by atoms with Crippen LogP contribution in [0.3, 0.4) is 0 Å². The number of aromatic hydroxyl groups is 2. The third kappa shape index (κ3) is 6.09. The molecule has 1 atom stereocenters. The highest BCUT2D eigenvalue weighted by atomic mass is 32.2. The summed E-state index contributed by atoms with van der Waals surface area (Å²) in [6.45, 7) is 8.50. The Morgan fingerprint density at radius 2 is 1.97 bits per heavy atom. The van der Waals surface area contributed by atoms with Crippen LogP contribution in [0.1, 0.15) is 50.3 Å². The van der Waals surface area contributed by atoms with Gasteiger partial charge in [0.05, 0.1) is 29.5 Å². The lowest BCUT2D eigenvalue weighted by molar-refractivity contribution is 0.328. The maximum Gasteiger partial charge on any atom is 0.348 e. The lowest BCUT2D eigenvalue weighted by atomic mass is 9.92. The van der Waals surface area contributed by atoms with Crippen LogP contribution in [0.4, 0.5) is 11.4 Å². The summed E-state index contributed by atoms with van der Waals surface area (Å²) < 4.78 is 51.5. The fraction of sp³-hybridized carbons (Fsp3) is 0.400. The Labute approximate surface area is 227 Å². The molecule has 2 aromatic heterocycles. The van der Waals surface area contributed by atoms with Crippen molar-refractivity contribution in [2.24, 2.45) is 10.2 Å². The van der Waals surface area contributed by atoms with E-state index >= 15 is 0 Å². The van der Waals surface area contributed by atoms with Gasteiger partial charge in [0.15, 0.2) is 11.6 Å². The Hall–Kier alpha value is -2.79. The molecule has 0 bridgehead atoms. The van der Waals surface area contributed by atoms with Gasteiger partial charge in [-0.3, -0.25) is 9.29 Å². The third-order valence-electron chi connectivity index (χ3n) is 5.95. The van der Waals surface area contributed by atoms with Gasteiger partial charge in [0.25, 0.3) is 0 Å². The van der Waals surface area contributed by atoms with E-state index in [1.165, 1.54) is 12.1 Å². The molecule has 38 heavy (non-hydrogen) atoms. The minimum absolute atomic E-state index is 0.00930. The summed E-state index contributed by atoms with van der Waals surface area (Å²) in [5.74, 6) is -0.334. The van der Waals surface area contributed by atoms with Crippen LogP contribution < -0.4 is 15.3 Å². The van der Waals surface area contributed by atoms with E-state index in [1.807, 2.05) is 17.5 Å². The van der Waals surface area contributed by atoms with Crippen LogP contribution in [0.25, 0.3) is 0 Å². The average Bonchev–Trinajstić information content (AvgIpc) is 3.38. The molecule has 0 amide bonds. The van der Waals surface area contributed by atoms with Crippen molar-refractivity contribution in [3.8, 4) is 11.6 Å². The predicted octanol–water partition coefficient (Wildman–Crippen LogP) is 5.09. The van der Waals surface area contributed by atoms with Crippen molar-refractivity contribution < 1.29 is 27.7 Å². The van der Waals surface area contributed by atoms with Crippen LogP contribution in [-0.2, 0) is 32.1 Å². The van der Waals surface area contributed by atoms with Crippen LogP contribution >= 0.6 is 18.9 Å². The van der Waals surface area contributed by atoms with Crippen LogP contribution in [0.2, 0.25) is 0 Å². The highest BCUT2D eigenvalue weighted by molar-refractivity contribution is 7.92. The SMILES string of the molecule is CCOP1(=O)N=C(c2c(O)c(Cc3cccs3)n(CCC(C)(C)C)c2O)Nc2ccc(NS(C)(=O)=O)cc21. The molecule has 13 heteroatoms. The monoisotopic (exact) mass is 580 g/mol. The topological polar surface area (TPSA) is 142 Å². The first kappa shape index (κ1) is 28.2.